The third kappa shape index (κ3) is 10.2. The van der Waals surface area contributed by atoms with Gasteiger partial charge in [0.05, 0.1) is 39.0 Å². The van der Waals surface area contributed by atoms with Crippen molar-refractivity contribution in [2.24, 2.45) is 0 Å². The molecule has 0 aliphatic carbocycles. The lowest BCUT2D eigenvalue weighted by Gasteiger charge is -2.16. The molecule has 0 spiro atoms. The van der Waals surface area contributed by atoms with Crippen LogP contribution >= 0.6 is 0 Å². The molecule has 2 atom stereocenters. The molecule has 0 saturated carbocycles. The van der Waals surface area contributed by atoms with E-state index in [9.17, 15) is 9.90 Å². The molecule has 0 amide bonds. The summed E-state index contributed by atoms with van der Waals surface area (Å²) in [7, 11) is 2.95. The van der Waals surface area contributed by atoms with Crippen molar-refractivity contribution in [2.75, 3.05) is 40.5 Å². The molecule has 0 bridgehead atoms. The number of carbonyl (C=O) groups is 1. The van der Waals surface area contributed by atoms with Crippen molar-refractivity contribution in [2.45, 2.75) is 25.6 Å². The summed E-state index contributed by atoms with van der Waals surface area (Å²) in [5.41, 5.74) is 0. The van der Waals surface area contributed by atoms with Crippen molar-refractivity contribution in [3.8, 4) is 0 Å². The fraction of sp³-hybridized carbons (Fsp3) is 0.909. The van der Waals surface area contributed by atoms with E-state index in [4.69, 9.17) is 9.47 Å². The Labute approximate surface area is 102 Å². The molecule has 0 aromatic carbocycles. The molecule has 6 nitrogen and oxygen atoms in total. The van der Waals surface area contributed by atoms with E-state index >= 15 is 0 Å². The van der Waals surface area contributed by atoms with Crippen molar-refractivity contribution in [1.29, 1.82) is 0 Å². The van der Waals surface area contributed by atoms with Crippen LogP contribution in [-0.2, 0) is 19.0 Å². The quantitative estimate of drug-likeness (QED) is 0.403. The predicted molar refractivity (Wildman–Crippen MR) is 62.8 cm³/mol. The lowest BCUT2D eigenvalue weighted by molar-refractivity contribution is -0.140. The van der Waals surface area contributed by atoms with Crippen molar-refractivity contribution in [3.63, 3.8) is 0 Å². The number of esters is 1. The van der Waals surface area contributed by atoms with Crippen molar-refractivity contribution in [1.82, 2.24) is 5.32 Å². The summed E-state index contributed by atoms with van der Waals surface area (Å²) < 4.78 is 14.7. The number of rotatable bonds is 10. The lowest BCUT2D eigenvalue weighted by atomic mass is 10.3. The topological polar surface area (TPSA) is 77.0 Å². The van der Waals surface area contributed by atoms with Gasteiger partial charge in [0.15, 0.2) is 0 Å². The SMILES string of the molecule is COCC(C)OCC(O)CNCCC(=O)OC. The summed E-state index contributed by atoms with van der Waals surface area (Å²) in [6.45, 7) is 3.49. The second-order valence-electron chi connectivity index (χ2n) is 3.78. The molecular weight excluding hydrogens is 226 g/mol. The molecule has 0 aromatic rings. The van der Waals surface area contributed by atoms with Gasteiger partial charge in [0.1, 0.15) is 0 Å². The molecule has 2 unspecified atom stereocenters. The zero-order valence-electron chi connectivity index (χ0n) is 10.8. The molecule has 0 rings (SSSR count). The van der Waals surface area contributed by atoms with E-state index in [0.29, 0.717) is 26.1 Å². The molecule has 0 fully saturated rings. The minimum Gasteiger partial charge on any atom is -0.469 e. The fourth-order valence-electron chi connectivity index (χ4n) is 1.18. The average Bonchev–Trinajstić information content (AvgIpc) is 2.32. The molecule has 17 heavy (non-hydrogen) atoms. The Kier molecular flexibility index (Phi) is 10.0. The number of hydrogen-bond acceptors (Lipinski definition) is 6. The van der Waals surface area contributed by atoms with Crippen LogP contribution in [0.25, 0.3) is 0 Å². The Balaban J connectivity index is 3.40. The number of nitrogens with one attached hydrogen (secondary N) is 1. The Morgan fingerprint density at radius 3 is 2.65 bits per heavy atom. The van der Waals surface area contributed by atoms with Crippen LogP contribution in [0.2, 0.25) is 0 Å². The summed E-state index contributed by atoms with van der Waals surface area (Å²) in [6.07, 6.45) is -0.332. The highest BCUT2D eigenvalue weighted by Gasteiger charge is 2.08. The van der Waals surface area contributed by atoms with Gasteiger partial charge in [-0.25, -0.2) is 0 Å². The second-order valence-corrected chi connectivity index (χ2v) is 3.78. The van der Waals surface area contributed by atoms with Gasteiger partial charge in [0.2, 0.25) is 0 Å². The number of aliphatic hydroxyl groups is 1. The summed E-state index contributed by atoms with van der Waals surface area (Å²) in [5.74, 6) is -0.267. The molecule has 0 aliphatic rings. The highest BCUT2D eigenvalue weighted by Crippen LogP contribution is 1.93. The maximum Gasteiger partial charge on any atom is 0.306 e. The number of methoxy groups -OCH3 is 2. The summed E-state index contributed by atoms with van der Waals surface area (Å²) in [4.78, 5) is 10.8. The van der Waals surface area contributed by atoms with Crippen LogP contribution in [0.4, 0.5) is 0 Å². The predicted octanol–water partition coefficient (Wildman–Crippen LogP) is -0.448. The minimum atomic E-state index is -0.591. The number of ether oxygens (including phenoxy) is 3. The highest BCUT2D eigenvalue weighted by atomic mass is 16.5. The molecule has 6 heteroatoms. The van der Waals surface area contributed by atoms with Crippen molar-refractivity contribution in [3.05, 3.63) is 0 Å². The van der Waals surface area contributed by atoms with E-state index in [-0.39, 0.29) is 18.7 Å². The molecule has 2 N–H and O–H groups in total. The van der Waals surface area contributed by atoms with E-state index < -0.39 is 6.10 Å². The summed E-state index contributed by atoms with van der Waals surface area (Å²) in [5, 5.41) is 12.5. The van der Waals surface area contributed by atoms with Crippen molar-refractivity contribution >= 4 is 5.97 Å². The van der Waals surface area contributed by atoms with E-state index in [1.807, 2.05) is 6.92 Å². The van der Waals surface area contributed by atoms with Gasteiger partial charge >= 0.3 is 5.97 Å². The third-order valence-corrected chi connectivity index (χ3v) is 2.09. The van der Waals surface area contributed by atoms with Gasteiger partial charge in [0, 0.05) is 20.2 Å². The van der Waals surface area contributed by atoms with E-state index in [1.54, 1.807) is 7.11 Å². The van der Waals surface area contributed by atoms with Crippen LogP contribution < -0.4 is 5.32 Å². The zero-order chi connectivity index (χ0) is 13.1. The molecule has 0 saturated heterocycles. The first-order valence-electron chi connectivity index (χ1n) is 5.66. The Morgan fingerprint density at radius 1 is 1.35 bits per heavy atom. The fourth-order valence-corrected chi connectivity index (χ4v) is 1.18. The number of carbonyl (C=O) groups excluding carboxylic acids is 1. The zero-order valence-corrected chi connectivity index (χ0v) is 10.8. The Hall–Kier alpha value is -0.690. The summed E-state index contributed by atoms with van der Waals surface area (Å²) in [6, 6.07) is 0. The first kappa shape index (κ1) is 16.3. The van der Waals surface area contributed by atoms with Gasteiger partial charge in [-0.1, -0.05) is 0 Å². The standard InChI is InChI=1S/C11H23NO5/c1-9(7-15-2)17-8-10(13)6-12-5-4-11(14)16-3/h9-10,12-13H,4-8H2,1-3H3. The van der Waals surface area contributed by atoms with Crippen LogP contribution in [0.3, 0.4) is 0 Å². The van der Waals surface area contributed by atoms with Crippen LogP contribution in [0.5, 0.6) is 0 Å². The molecule has 0 aliphatic heterocycles. The molecule has 0 heterocycles. The van der Waals surface area contributed by atoms with Gasteiger partial charge in [-0.3, -0.25) is 4.79 Å². The van der Waals surface area contributed by atoms with Crippen LogP contribution in [0, 0.1) is 0 Å². The monoisotopic (exact) mass is 249 g/mol. The van der Waals surface area contributed by atoms with Gasteiger partial charge < -0.3 is 24.6 Å². The van der Waals surface area contributed by atoms with Gasteiger partial charge in [-0.05, 0) is 6.92 Å². The molecule has 0 aromatic heterocycles. The van der Waals surface area contributed by atoms with Gasteiger partial charge in [-0.15, -0.1) is 0 Å². The first-order valence-corrected chi connectivity index (χ1v) is 5.66. The van der Waals surface area contributed by atoms with E-state index in [2.05, 4.69) is 10.1 Å². The summed E-state index contributed by atoms with van der Waals surface area (Å²) >= 11 is 0. The maximum absolute atomic E-state index is 10.8. The Bertz CT molecular complexity index is 200. The molecular formula is C11H23NO5. The van der Waals surface area contributed by atoms with Gasteiger partial charge in [0.25, 0.3) is 0 Å². The van der Waals surface area contributed by atoms with Gasteiger partial charge in [-0.2, -0.15) is 0 Å². The van der Waals surface area contributed by atoms with Crippen LogP contribution in [0.15, 0.2) is 0 Å². The van der Waals surface area contributed by atoms with E-state index in [1.165, 1.54) is 7.11 Å². The normalized spacial score (nSPS) is 14.4. The third-order valence-electron chi connectivity index (χ3n) is 2.09. The highest BCUT2D eigenvalue weighted by molar-refractivity contribution is 5.69. The maximum atomic E-state index is 10.8. The van der Waals surface area contributed by atoms with E-state index in [0.717, 1.165) is 0 Å². The Morgan fingerprint density at radius 2 is 2.06 bits per heavy atom. The van der Waals surface area contributed by atoms with Crippen LogP contribution in [0.1, 0.15) is 13.3 Å². The largest absolute Gasteiger partial charge is 0.469 e. The minimum absolute atomic E-state index is 0.0373. The first-order chi connectivity index (χ1) is 8.10. The smallest absolute Gasteiger partial charge is 0.306 e. The molecule has 102 valence electrons. The number of aliphatic hydroxyl groups excluding tert-OH is 1. The van der Waals surface area contributed by atoms with Crippen molar-refractivity contribution < 1.29 is 24.1 Å². The number of hydrogen-bond donors (Lipinski definition) is 2. The molecule has 0 radical (unpaired) electrons. The second kappa shape index (κ2) is 10.5. The lowest BCUT2D eigenvalue weighted by Crippen LogP contribution is -2.33. The average molecular weight is 249 g/mol. The van der Waals surface area contributed by atoms with Crippen LogP contribution in [-0.4, -0.2) is 63.8 Å².